The molecule has 0 bridgehead atoms. The van der Waals surface area contributed by atoms with E-state index in [1.807, 2.05) is 6.07 Å². The van der Waals surface area contributed by atoms with Gasteiger partial charge in [-0.3, -0.25) is 4.90 Å². The molecule has 0 aromatic heterocycles. The lowest BCUT2D eigenvalue weighted by atomic mass is 9.94. The predicted molar refractivity (Wildman–Crippen MR) is 96.3 cm³/mol. The molecule has 128 valence electrons. The van der Waals surface area contributed by atoms with Gasteiger partial charge in [-0.25, -0.2) is 13.1 Å². The average Bonchev–Trinajstić information content (AvgIpc) is 2.60. The lowest BCUT2D eigenvalue weighted by molar-refractivity contribution is 0.108. The Labute approximate surface area is 144 Å². The van der Waals surface area contributed by atoms with Crippen LogP contribution in [0, 0.1) is 0 Å². The van der Waals surface area contributed by atoms with Crippen molar-refractivity contribution in [2.24, 2.45) is 0 Å². The van der Waals surface area contributed by atoms with Gasteiger partial charge in [-0.1, -0.05) is 42.5 Å². The molecule has 4 nitrogen and oxygen atoms in total. The molecule has 0 fully saturated rings. The smallest absolute Gasteiger partial charge is 0.240 e. The highest BCUT2D eigenvalue weighted by Crippen LogP contribution is 2.25. The summed E-state index contributed by atoms with van der Waals surface area (Å²) in [7, 11) is -3.47. The summed E-state index contributed by atoms with van der Waals surface area (Å²) >= 11 is 0. The summed E-state index contributed by atoms with van der Waals surface area (Å²) in [5, 5.41) is 0. The van der Waals surface area contributed by atoms with Crippen molar-refractivity contribution in [3.63, 3.8) is 0 Å². The molecule has 2 aromatic rings. The maximum absolute atomic E-state index is 12.4. The van der Waals surface area contributed by atoms with E-state index in [0.717, 1.165) is 19.5 Å². The molecule has 3 rings (SSSR count). The van der Waals surface area contributed by atoms with Gasteiger partial charge < -0.3 is 0 Å². The van der Waals surface area contributed by atoms with Crippen LogP contribution < -0.4 is 4.72 Å². The summed E-state index contributed by atoms with van der Waals surface area (Å²) in [6.45, 7) is 6.36. The first-order valence-corrected chi connectivity index (χ1v) is 9.73. The van der Waals surface area contributed by atoms with Gasteiger partial charge in [0.2, 0.25) is 10.0 Å². The van der Waals surface area contributed by atoms with Gasteiger partial charge in [0.25, 0.3) is 0 Å². The number of hydrogen-bond donors (Lipinski definition) is 1. The van der Waals surface area contributed by atoms with Crippen LogP contribution in [0.3, 0.4) is 0 Å². The van der Waals surface area contributed by atoms with E-state index >= 15 is 0 Å². The molecule has 0 aliphatic carbocycles. The minimum Gasteiger partial charge on any atom is -0.292 e. The molecular weight excluding hydrogens is 320 g/mol. The van der Waals surface area contributed by atoms with E-state index in [0.29, 0.717) is 11.4 Å². The van der Waals surface area contributed by atoms with Gasteiger partial charge in [0.05, 0.1) is 4.90 Å². The highest BCUT2D eigenvalue weighted by atomic mass is 32.2. The summed E-state index contributed by atoms with van der Waals surface area (Å²) < 4.78 is 27.6. The van der Waals surface area contributed by atoms with Crippen molar-refractivity contribution < 1.29 is 8.42 Å². The fraction of sp³-hybridized carbons (Fsp3) is 0.368. The van der Waals surface area contributed by atoms with Gasteiger partial charge in [0, 0.05) is 25.2 Å². The topological polar surface area (TPSA) is 49.4 Å². The Hall–Kier alpha value is -1.69. The second-order valence-corrected chi connectivity index (χ2v) is 8.66. The van der Waals surface area contributed by atoms with Crippen molar-refractivity contribution in [3.8, 4) is 0 Å². The standard InChI is InChI=1S/C19H24N2O2S/c1-19(2,15-20-24(22,23)18-10-4-3-5-11-18)21-13-12-16-8-6-7-9-17(16)14-21/h3-11,20H,12-15H2,1-2H3. The van der Waals surface area contributed by atoms with Crippen LogP contribution in [0.25, 0.3) is 0 Å². The lowest BCUT2D eigenvalue weighted by Crippen LogP contribution is -2.53. The Morgan fingerprint density at radius 1 is 1.00 bits per heavy atom. The second kappa shape index (κ2) is 6.67. The molecule has 2 aromatic carbocycles. The molecule has 0 spiro atoms. The van der Waals surface area contributed by atoms with Crippen LogP contribution in [0.1, 0.15) is 25.0 Å². The fourth-order valence-electron chi connectivity index (χ4n) is 3.08. The van der Waals surface area contributed by atoms with E-state index in [2.05, 4.69) is 47.7 Å². The maximum Gasteiger partial charge on any atom is 0.240 e. The first kappa shape index (κ1) is 17.1. The normalized spacial score (nSPS) is 15.9. The molecular formula is C19H24N2O2S. The summed E-state index contributed by atoms with van der Waals surface area (Å²) in [5.41, 5.74) is 2.48. The molecule has 1 aliphatic rings. The number of nitrogens with one attached hydrogen (secondary N) is 1. The van der Waals surface area contributed by atoms with Crippen molar-refractivity contribution in [1.82, 2.24) is 9.62 Å². The number of hydrogen-bond acceptors (Lipinski definition) is 3. The highest BCUT2D eigenvalue weighted by Gasteiger charge is 2.31. The monoisotopic (exact) mass is 344 g/mol. The van der Waals surface area contributed by atoms with Gasteiger partial charge in [-0.15, -0.1) is 0 Å². The number of fused-ring (bicyclic) bond motifs is 1. The van der Waals surface area contributed by atoms with Crippen LogP contribution in [0.15, 0.2) is 59.5 Å². The molecule has 1 N–H and O–H groups in total. The lowest BCUT2D eigenvalue weighted by Gasteiger charge is -2.41. The minimum atomic E-state index is -3.47. The predicted octanol–water partition coefficient (Wildman–Crippen LogP) is 2.80. The zero-order valence-corrected chi connectivity index (χ0v) is 15.0. The number of sulfonamides is 1. The second-order valence-electron chi connectivity index (χ2n) is 6.89. The Morgan fingerprint density at radius 2 is 1.62 bits per heavy atom. The van der Waals surface area contributed by atoms with E-state index in [1.54, 1.807) is 24.3 Å². The Morgan fingerprint density at radius 3 is 2.33 bits per heavy atom. The van der Waals surface area contributed by atoms with Crippen LogP contribution in [0.2, 0.25) is 0 Å². The van der Waals surface area contributed by atoms with Crippen LogP contribution in [-0.2, 0) is 23.0 Å². The van der Waals surface area contributed by atoms with Crippen molar-refractivity contribution >= 4 is 10.0 Å². The molecule has 0 radical (unpaired) electrons. The largest absolute Gasteiger partial charge is 0.292 e. The van der Waals surface area contributed by atoms with Crippen molar-refractivity contribution in [1.29, 1.82) is 0 Å². The zero-order valence-electron chi connectivity index (χ0n) is 14.2. The van der Waals surface area contributed by atoms with Crippen LogP contribution >= 0.6 is 0 Å². The Kier molecular flexibility index (Phi) is 4.76. The van der Waals surface area contributed by atoms with E-state index in [1.165, 1.54) is 11.1 Å². The van der Waals surface area contributed by atoms with Crippen LogP contribution in [0.4, 0.5) is 0 Å². The van der Waals surface area contributed by atoms with Crippen LogP contribution in [-0.4, -0.2) is 31.9 Å². The molecule has 0 atom stereocenters. The third kappa shape index (κ3) is 3.69. The molecule has 0 unspecified atom stereocenters. The molecule has 0 saturated heterocycles. The van der Waals surface area contributed by atoms with Gasteiger partial charge in [-0.05, 0) is 43.5 Å². The van der Waals surface area contributed by atoms with Crippen molar-refractivity contribution in [2.75, 3.05) is 13.1 Å². The van der Waals surface area contributed by atoms with Crippen molar-refractivity contribution in [3.05, 3.63) is 65.7 Å². The van der Waals surface area contributed by atoms with E-state index < -0.39 is 10.0 Å². The highest BCUT2D eigenvalue weighted by molar-refractivity contribution is 7.89. The minimum absolute atomic E-state index is 0.255. The molecule has 24 heavy (non-hydrogen) atoms. The van der Waals surface area contributed by atoms with Gasteiger partial charge in [0.15, 0.2) is 0 Å². The third-order valence-corrected chi connectivity index (χ3v) is 6.15. The Bertz CT molecular complexity index is 801. The SMILES string of the molecule is CC(C)(CNS(=O)(=O)c1ccccc1)N1CCc2ccccc2C1. The van der Waals surface area contributed by atoms with Gasteiger partial charge >= 0.3 is 0 Å². The number of benzene rings is 2. The van der Waals surface area contributed by atoms with E-state index in [4.69, 9.17) is 0 Å². The first-order valence-electron chi connectivity index (χ1n) is 8.25. The molecule has 1 aliphatic heterocycles. The van der Waals surface area contributed by atoms with E-state index in [-0.39, 0.29) is 5.54 Å². The summed E-state index contributed by atoms with van der Waals surface area (Å²) in [4.78, 5) is 2.66. The summed E-state index contributed by atoms with van der Waals surface area (Å²) in [5.74, 6) is 0. The maximum atomic E-state index is 12.4. The number of rotatable bonds is 5. The van der Waals surface area contributed by atoms with Crippen LogP contribution in [0.5, 0.6) is 0 Å². The quantitative estimate of drug-likeness (QED) is 0.907. The fourth-order valence-corrected chi connectivity index (χ4v) is 4.30. The van der Waals surface area contributed by atoms with Crippen molar-refractivity contribution in [2.45, 2.75) is 37.2 Å². The molecule has 0 saturated carbocycles. The van der Waals surface area contributed by atoms with Gasteiger partial charge in [0.1, 0.15) is 0 Å². The van der Waals surface area contributed by atoms with Gasteiger partial charge in [-0.2, -0.15) is 0 Å². The third-order valence-electron chi connectivity index (χ3n) is 4.74. The number of nitrogens with zero attached hydrogens (tertiary/aromatic N) is 1. The average molecular weight is 344 g/mol. The summed E-state index contributed by atoms with van der Waals surface area (Å²) in [6.07, 6.45) is 1.00. The Balaban J connectivity index is 1.69. The molecule has 1 heterocycles. The summed E-state index contributed by atoms with van der Waals surface area (Å²) in [6, 6.07) is 17.0. The van der Waals surface area contributed by atoms with E-state index in [9.17, 15) is 8.42 Å². The molecule has 0 amide bonds. The first-order chi connectivity index (χ1) is 11.4. The molecule has 5 heteroatoms. The zero-order chi connectivity index (χ0) is 17.2.